The van der Waals surface area contributed by atoms with E-state index in [9.17, 15) is 5.11 Å². The summed E-state index contributed by atoms with van der Waals surface area (Å²) in [6.45, 7) is 3.98. The molecule has 0 aliphatic heterocycles. The summed E-state index contributed by atoms with van der Waals surface area (Å²) < 4.78 is 0. The van der Waals surface area contributed by atoms with Crippen LogP contribution >= 0.6 is 11.6 Å². The summed E-state index contributed by atoms with van der Waals surface area (Å²) in [5, 5.41) is 12.9. The average molecular weight is 215 g/mol. The lowest BCUT2D eigenvalue weighted by atomic mass is 10.0. The number of anilines is 1. The van der Waals surface area contributed by atoms with Crippen LogP contribution in [-0.2, 0) is 0 Å². The van der Waals surface area contributed by atoms with Gasteiger partial charge in [-0.05, 0) is 25.5 Å². The second kappa shape index (κ2) is 4.62. The van der Waals surface area contributed by atoms with Crippen LogP contribution < -0.4 is 5.32 Å². The van der Waals surface area contributed by atoms with Gasteiger partial charge in [-0.15, -0.1) is 0 Å². The van der Waals surface area contributed by atoms with Crippen molar-refractivity contribution < 1.29 is 5.11 Å². The summed E-state index contributed by atoms with van der Waals surface area (Å²) in [5.41, 5.74) is -0.363. The molecule has 1 rings (SSSR count). The molecule has 0 spiro atoms. The van der Waals surface area contributed by atoms with Crippen LogP contribution in [0, 0.1) is 0 Å². The van der Waals surface area contributed by atoms with Gasteiger partial charge < -0.3 is 10.4 Å². The minimum atomic E-state index is -0.363. The smallest absolute Gasteiger partial charge is 0.145 e. The number of rotatable bonds is 4. The largest absolute Gasteiger partial charge is 0.394 e. The van der Waals surface area contributed by atoms with Gasteiger partial charge in [-0.1, -0.05) is 18.5 Å². The zero-order valence-corrected chi connectivity index (χ0v) is 9.17. The zero-order chi connectivity index (χ0) is 10.6. The van der Waals surface area contributed by atoms with Gasteiger partial charge in [0.25, 0.3) is 0 Å². The van der Waals surface area contributed by atoms with Gasteiger partial charge in [0.05, 0.1) is 17.2 Å². The highest BCUT2D eigenvalue weighted by Crippen LogP contribution is 2.22. The van der Waals surface area contributed by atoms with Crippen molar-refractivity contribution in [3.05, 3.63) is 23.4 Å². The summed E-state index contributed by atoms with van der Waals surface area (Å²) >= 11 is 5.94. The number of nitrogens with one attached hydrogen (secondary N) is 1. The molecule has 0 saturated carbocycles. The second-order valence-corrected chi connectivity index (χ2v) is 3.94. The number of halogens is 1. The topological polar surface area (TPSA) is 45.1 Å². The Morgan fingerprint density at radius 1 is 1.64 bits per heavy atom. The number of aliphatic hydroxyl groups is 1. The summed E-state index contributed by atoms with van der Waals surface area (Å²) in [6, 6.07) is 3.54. The van der Waals surface area contributed by atoms with Crippen LogP contribution in [0.25, 0.3) is 0 Å². The molecular weight excluding hydrogens is 200 g/mol. The summed E-state index contributed by atoms with van der Waals surface area (Å²) in [6.07, 6.45) is 2.47. The lowest BCUT2D eigenvalue weighted by Crippen LogP contribution is -2.38. The van der Waals surface area contributed by atoms with E-state index in [2.05, 4.69) is 10.3 Å². The molecule has 2 N–H and O–H groups in total. The Bertz CT molecular complexity index is 300. The maximum atomic E-state index is 9.20. The highest BCUT2D eigenvalue weighted by Gasteiger charge is 2.21. The third-order valence-electron chi connectivity index (χ3n) is 2.31. The molecule has 0 aliphatic rings. The monoisotopic (exact) mass is 214 g/mol. The van der Waals surface area contributed by atoms with E-state index in [4.69, 9.17) is 11.6 Å². The van der Waals surface area contributed by atoms with Crippen molar-refractivity contribution in [3.8, 4) is 0 Å². The number of aromatic nitrogens is 1. The third kappa shape index (κ3) is 2.59. The summed E-state index contributed by atoms with van der Waals surface area (Å²) in [7, 11) is 0. The van der Waals surface area contributed by atoms with E-state index in [1.54, 1.807) is 18.3 Å². The molecule has 1 aromatic heterocycles. The van der Waals surface area contributed by atoms with Gasteiger partial charge in [0.15, 0.2) is 0 Å². The van der Waals surface area contributed by atoms with Crippen LogP contribution in [0.3, 0.4) is 0 Å². The molecule has 1 aromatic rings. The normalized spacial score (nSPS) is 14.9. The van der Waals surface area contributed by atoms with Crippen LogP contribution in [-0.4, -0.2) is 22.2 Å². The first kappa shape index (κ1) is 11.3. The Morgan fingerprint density at radius 3 is 2.86 bits per heavy atom. The first-order valence-electron chi connectivity index (χ1n) is 4.61. The molecule has 78 valence electrons. The average Bonchev–Trinajstić information content (AvgIpc) is 2.21. The quantitative estimate of drug-likeness (QED) is 0.809. The van der Waals surface area contributed by atoms with E-state index >= 15 is 0 Å². The van der Waals surface area contributed by atoms with Crippen LogP contribution in [0.2, 0.25) is 5.02 Å². The number of nitrogens with zero attached hydrogens (tertiary/aromatic N) is 1. The zero-order valence-electron chi connectivity index (χ0n) is 8.42. The Balaban J connectivity index is 2.82. The Kier molecular flexibility index (Phi) is 3.72. The van der Waals surface area contributed by atoms with Crippen molar-refractivity contribution in [2.75, 3.05) is 11.9 Å². The molecule has 0 aliphatic carbocycles. The maximum Gasteiger partial charge on any atom is 0.145 e. The third-order valence-corrected chi connectivity index (χ3v) is 2.61. The highest BCUT2D eigenvalue weighted by atomic mass is 35.5. The van der Waals surface area contributed by atoms with Gasteiger partial charge in [-0.3, -0.25) is 0 Å². The molecule has 0 radical (unpaired) electrons. The SMILES string of the molecule is CCC(C)(CO)Nc1ncccc1Cl. The standard InChI is InChI=1S/C10H15ClN2O/c1-3-10(2,7-14)13-9-8(11)5-4-6-12-9/h4-6,14H,3,7H2,1-2H3,(H,12,13). The van der Waals surface area contributed by atoms with Crippen molar-refractivity contribution >= 4 is 17.4 Å². The van der Waals surface area contributed by atoms with E-state index < -0.39 is 0 Å². The Labute approximate surface area is 89.1 Å². The lowest BCUT2D eigenvalue weighted by Gasteiger charge is -2.28. The fourth-order valence-electron chi connectivity index (χ4n) is 1.00. The van der Waals surface area contributed by atoms with Gasteiger partial charge in [0, 0.05) is 6.20 Å². The van der Waals surface area contributed by atoms with Crippen molar-refractivity contribution in [2.45, 2.75) is 25.8 Å². The molecule has 1 unspecified atom stereocenters. The summed E-state index contributed by atoms with van der Waals surface area (Å²) in [5.74, 6) is 0.618. The molecular formula is C10H15ClN2O. The number of aliphatic hydroxyl groups excluding tert-OH is 1. The van der Waals surface area contributed by atoms with Crippen LogP contribution in [0.4, 0.5) is 5.82 Å². The maximum absolute atomic E-state index is 9.20. The van der Waals surface area contributed by atoms with Crippen LogP contribution in [0.15, 0.2) is 18.3 Å². The number of hydrogen-bond donors (Lipinski definition) is 2. The first-order valence-corrected chi connectivity index (χ1v) is 4.98. The van der Waals surface area contributed by atoms with Crippen molar-refractivity contribution in [2.24, 2.45) is 0 Å². The lowest BCUT2D eigenvalue weighted by molar-refractivity contribution is 0.218. The second-order valence-electron chi connectivity index (χ2n) is 3.53. The first-order chi connectivity index (χ1) is 6.61. The van der Waals surface area contributed by atoms with E-state index in [0.29, 0.717) is 10.8 Å². The van der Waals surface area contributed by atoms with Gasteiger partial charge in [-0.2, -0.15) is 0 Å². The predicted octanol–water partition coefficient (Wildman–Crippen LogP) is 2.31. The van der Waals surface area contributed by atoms with Crippen molar-refractivity contribution in [1.82, 2.24) is 4.98 Å². The summed E-state index contributed by atoms with van der Waals surface area (Å²) in [4.78, 5) is 4.11. The molecule has 0 fully saturated rings. The molecule has 0 amide bonds. The van der Waals surface area contributed by atoms with Crippen LogP contribution in [0.5, 0.6) is 0 Å². The number of hydrogen-bond acceptors (Lipinski definition) is 3. The molecule has 0 aromatic carbocycles. The molecule has 4 heteroatoms. The molecule has 0 bridgehead atoms. The highest BCUT2D eigenvalue weighted by molar-refractivity contribution is 6.32. The molecule has 0 saturated heterocycles. The fraction of sp³-hybridized carbons (Fsp3) is 0.500. The van der Waals surface area contributed by atoms with E-state index in [1.165, 1.54) is 0 Å². The molecule has 1 atom stereocenters. The van der Waals surface area contributed by atoms with Gasteiger partial charge >= 0.3 is 0 Å². The van der Waals surface area contributed by atoms with Gasteiger partial charge in [0.2, 0.25) is 0 Å². The predicted molar refractivity (Wildman–Crippen MR) is 58.7 cm³/mol. The number of pyridine rings is 1. The van der Waals surface area contributed by atoms with E-state index in [-0.39, 0.29) is 12.1 Å². The van der Waals surface area contributed by atoms with Gasteiger partial charge in [-0.25, -0.2) is 4.98 Å². The van der Waals surface area contributed by atoms with E-state index in [1.807, 2.05) is 13.8 Å². The Hall–Kier alpha value is -0.800. The molecule has 3 nitrogen and oxygen atoms in total. The van der Waals surface area contributed by atoms with Crippen LogP contribution in [0.1, 0.15) is 20.3 Å². The van der Waals surface area contributed by atoms with Gasteiger partial charge in [0.1, 0.15) is 5.82 Å². The van der Waals surface area contributed by atoms with Crippen molar-refractivity contribution in [1.29, 1.82) is 0 Å². The molecule has 1 heterocycles. The Morgan fingerprint density at radius 2 is 2.36 bits per heavy atom. The molecule has 14 heavy (non-hydrogen) atoms. The fourth-order valence-corrected chi connectivity index (χ4v) is 1.17. The van der Waals surface area contributed by atoms with Crippen molar-refractivity contribution in [3.63, 3.8) is 0 Å². The minimum absolute atomic E-state index is 0.0520. The van der Waals surface area contributed by atoms with E-state index in [0.717, 1.165) is 6.42 Å². The minimum Gasteiger partial charge on any atom is -0.394 e.